The molecule has 2 heterocycles. The highest BCUT2D eigenvalue weighted by Gasteiger charge is 2.18. The molecule has 6 heteroatoms. The van der Waals surface area contributed by atoms with Gasteiger partial charge in [0.2, 0.25) is 0 Å². The minimum absolute atomic E-state index is 0.134. The largest absolute Gasteiger partial charge is 0.493 e. The number of hydrogen-bond donors (Lipinski definition) is 1. The van der Waals surface area contributed by atoms with Gasteiger partial charge in [0.05, 0.1) is 12.3 Å². The number of halogens is 1. The van der Waals surface area contributed by atoms with Crippen molar-refractivity contribution in [2.24, 2.45) is 7.05 Å². The zero-order valence-corrected chi connectivity index (χ0v) is 13.5. The highest BCUT2D eigenvalue weighted by atomic mass is 79.9. The first-order chi connectivity index (χ1) is 10.0. The van der Waals surface area contributed by atoms with E-state index < -0.39 is 0 Å². The summed E-state index contributed by atoms with van der Waals surface area (Å²) in [6.07, 6.45) is 0.913. The smallest absolute Gasteiger partial charge is 0.269 e. The number of carbonyl (C=O) groups is 1. The van der Waals surface area contributed by atoms with Crippen LogP contribution in [0.15, 0.2) is 22.7 Å². The van der Waals surface area contributed by atoms with Crippen LogP contribution < -0.4 is 10.1 Å². The average molecular weight is 350 g/mol. The lowest BCUT2D eigenvalue weighted by atomic mass is 10.1. The van der Waals surface area contributed by atoms with Crippen LogP contribution in [0.2, 0.25) is 0 Å². The maximum absolute atomic E-state index is 12.2. The summed E-state index contributed by atoms with van der Waals surface area (Å²) in [6.45, 7) is 3.00. The lowest BCUT2D eigenvalue weighted by molar-refractivity contribution is 0.0941. The Morgan fingerprint density at radius 1 is 1.48 bits per heavy atom. The molecule has 1 aliphatic heterocycles. The Morgan fingerprint density at radius 3 is 3.00 bits per heavy atom. The number of carbonyl (C=O) groups excluding carboxylic acids is 1. The summed E-state index contributed by atoms with van der Waals surface area (Å²) in [5.74, 6) is 0.768. The molecule has 21 heavy (non-hydrogen) atoms. The number of rotatable bonds is 3. The van der Waals surface area contributed by atoms with Crippen LogP contribution in [0.25, 0.3) is 0 Å². The molecule has 0 unspecified atom stereocenters. The molecule has 0 aliphatic carbocycles. The Balaban J connectivity index is 1.77. The molecule has 110 valence electrons. The Labute approximate surface area is 131 Å². The topological polar surface area (TPSA) is 56.1 Å². The minimum atomic E-state index is -0.134. The van der Waals surface area contributed by atoms with Crippen molar-refractivity contribution in [1.29, 1.82) is 0 Å². The normalized spacial score (nSPS) is 12.9. The fourth-order valence-electron chi connectivity index (χ4n) is 2.57. The third-order valence-electron chi connectivity index (χ3n) is 3.50. The molecule has 0 atom stereocenters. The quantitative estimate of drug-likeness (QED) is 0.925. The van der Waals surface area contributed by atoms with Gasteiger partial charge in [-0.1, -0.05) is 15.9 Å². The molecule has 5 nitrogen and oxygen atoms in total. The van der Waals surface area contributed by atoms with E-state index in [4.69, 9.17) is 4.74 Å². The molecule has 0 spiro atoms. The highest BCUT2D eigenvalue weighted by Crippen LogP contribution is 2.32. The summed E-state index contributed by atoms with van der Waals surface area (Å²) in [7, 11) is 1.77. The molecular weight excluding hydrogens is 334 g/mol. The van der Waals surface area contributed by atoms with Gasteiger partial charge in [-0.2, -0.15) is 5.10 Å². The van der Waals surface area contributed by atoms with E-state index in [0.29, 0.717) is 18.8 Å². The third-order valence-corrected chi connectivity index (χ3v) is 3.96. The third kappa shape index (κ3) is 2.81. The summed E-state index contributed by atoms with van der Waals surface area (Å²) in [4.78, 5) is 12.2. The number of nitrogens with zero attached hydrogens (tertiary/aromatic N) is 2. The number of benzene rings is 1. The highest BCUT2D eigenvalue weighted by molar-refractivity contribution is 9.10. The van der Waals surface area contributed by atoms with Crippen LogP contribution >= 0.6 is 15.9 Å². The molecule has 0 saturated heterocycles. The summed E-state index contributed by atoms with van der Waals surface area (Å²) in [5, 5.41) is 7.11. The Morgan fingerprint density at radius 2 is 2.29 bits per heavy atom. The predicted octanol–water partition coefficient (Wildman–Crippen LogP) is 2.36. The molecule has 1 aromatic heterocycles. The van der Waals surface area contributed by atoms with Crippen molar-refractivity contribution in [3.63, 3.8) is 0 Å². The second kappa shape index (κ2) is 5.52. The number of aryl methyl sites for hydroxylation is 2. The number of fused-ring (bicyclic) bond motifs is 1. The first-order valence-corrected chi connectivity index (χ1v) is 7.57. The Kier molecular flexibility index (Phi) is 3.71. The predicted molar refractivity (Wildman–Crippen MR) is 82.5 cm³/mol. The minimum Gasteiger partial charge on any atom is -0.493 e. The summed E-state index contributed by atoms with van der Waals surface area (Å²) >= 11 is 3.50. The Bertz CT molecular complexity index is 709. The number of nitrogens with one attached hydrogen (secondary N) is 1. The summed E-state index contributed by atoms with van der Waals surface area (Å²) < 4.78 is 8.26. The lowest BCUT2D eigenvalue weighted by Crippen LogP contribution is -2.25. The van der Waals surface area contributed by atoms with Gasteiger partial charge in [0.1, 0.15) is 11.4 Å². The molecule has 1 aliphatic rings. The van der Waals surface area contributed by atoms with E-state index in [0.717, 1.165) is 27.9 Å². The molecule has 0 saturated carbocycles. The van der Waals surface area contributed by atoms with Crippen molar-refractivity contribution in [2.75, 3.05) is 6.61 Å². The zero-order valence-electron chi connectivity index (χ0n) is 11.9. The van der Waals surface area contributed by atoms with Crippen LogP contribution in [0, 0.1) is 6.92 Å². The standard InChI is InChI=1S/C15H16BrN3O2/c1-9-5-13(19(2)18-9)15(20)17-8-11-7-12(16)6-10-3-4-21-14(10)11/h5-7H,3-4,8H2,1-2H3,(H,17,20). The van der Waals surface area contributed by atoms with Crippen LogP contribution in [-0.2, 0) is 20.0 Å². The molecule has 0 radical (unpaired) electrons. The first kappa shape index (κ1) is 14.1. The number of hydrogen-bond acceptors (Lipinski definition) is 3. The second-order valence-corrected chi connectivity index (χ2v) is 6.04. The lowest BCUT2D eigenvalue weighted by Gasteiger charge is -2.10. The van der Waals surface area contributed by atoms with Crippen LogP contribution in [0.5, 0.6) is 5.75 Å². The molecule has 0 fully saturated rings. The van der Waals surface area contributed by atoms with E-state index >= 15 is 0 Å². The van der Waals surface area contributed by atoms with E-state index in [1.54, 1.807) is 17.8 Å². The van der Waals surface area contributed by atoms with E-state index in [1.165, 1.54) is 5.56 Å². The van der Waals surface area contributed by atoms with Crippen molar-refractivity contribution in [3.05, 3.63) is 45.2 Å². The van der Waals surface area contributed by atoms with Gasteiger partial charge in [-0.15, -0.1) is 0 Å². The molecule has 1 aromatic carbocycles. The van der Waals surface area contributed by atoms with Gasteiger partial charge in [-0.25, -0.2) is 0 Å². The van der Waals surface area contributed by atoms with Gasteiger partial charge in [-0.3, -0.25) is 9.48 Å². The van der Waals surface area contributed by atoms with Gasteiger partial charge in [0, 0.05) is 30.0 Å². The second-order valence-electron chi connectivity index (χ2n) is 5.13. The SMILES string of the molecule is Cc1cc(C(=O)NCc2cc(Br)cc3c2OCC3)n(C)n1. The maximum Gasteiger partial charge on any atom is 0.269 e. The zero-order chi connectivity index (χ0) is 15.0. The van der Waals surface area contributed by atoms with E-state index in [9.17, 15) is 4.79 Å². The molecule has 2 aromatic rings. The van der Waals surface area contributed by atoms with Crippen molar-refractivity contribution >= 4 is 21.8 Å². The number of aromatic nitrogens is 2. The number of ether oxygens (including phenoxy) is 1. The Hall–Kier alpha value is -1.82. The number of amides is 1. The fourth-order valence-corrected chi connectivity index (χ4v) is 3.12. The molecule has 3 rings (SSSR count). The van der Waals surface area contributed by atoms with E-state index in [2.05, 4.69) is 32.4 Å². The van der Waals surface area contributed by atoms with Crippen molar-refractivity contribution in [1.82, 2.24) is 15.1 Å². The van der Waals surface area contributed by atoms with Crippen molar-refractivity contribution in [2.45, 2.75) is 19.9 Å². The first-order valence-electron chi connectivity index (χ1n) is 6.77. The van der Waals surface area contributed by atoms with Gasteiger partial charge in [-0.05, 0) is 30.7 Å². The average Bonchev–Trinajstić information content (AvgIpc) is 3.01. The van der Waals surface area contributed by atoms with Crippen LogP contribution in [0.3, 0.4) is 0 Å². The monoisotopic (exact) mass is 349 g/mol. The van der Waals surface area contributed by atoms with Gasteiger partial charge in [0.25, 0.3) is 5.91 Å². The summed E-state index contributed by atoms with van der Waals surface area (Å²) in [6, 6.07) is 5.83. The van der Waals surface area contributed by atoms with Gasteiger partial charge in [0.15, 0.2) is 0 Å². The van der Waals surface area contributed by atoms with Crippen LogP contribution in [0.4, 0.5) is 0 Å². The molecular formula is C15H16BrN3O2. The van der Waals surface area contributed by atoms with E-state index in [1.807, 2.05) is 13.0 Å². The molecule has 1 amide bonds. The van der Waals surface area contributed by atoms with Gasteiger partial charge >= 0.3 is 0 Å². The summed E-state index contributed by atoms with van der Waals surface area (Å²) in [5.41, 5.74) is 3.56. The van der Waals surface area contributed by atoms with Crippen LogP contribution in [0.1, 0.15) is 27.3 Å². The molecule has 1 N–H and O–H groups in total. The fraction of sp³-hybridized carbons (Fsp3) is 0.333. The van der Waals surface area contributed by atoms with Crippen molar-refractivity contribution < 1.29 is 9.53 Å². The van der Waals surface area contributed by atoms with Gasteiger partial charge < -0.3 is 10.1 Å². The molecule has 0 bridgehead atoms. The van der Waals surface area contributed by atoms with Crippen molar-refractivity contribution in [3.8, 4) is 5.75 Å². The van der Waals surface area contributed by atoms with E-state index in [-0.39, 0.29) is 5.91 Å². The maximum atomic E-state index is 12.2. The van der Waals surface area contributed by atoms with Crippen LogP contribution in [-0.4, -0.2) is 22.3 Å².